The topological polar surface area (TPSA) is 83.8 Å². The molecule has 4 aliphatic rings. The second kappa shape index (κ2) is 6.53. The molecule has 0 bridgehead atoms. The predicted molar refractivity (Wildman–Crippen MR) is 104 cm³/mol. The third-order valence-corrected chi connectivity index (χ3v) is 9.71. The zero-order chi connectivity index (χ0) is 20.5. The Hall–Kier alpha value is -0.940. The summed E-state index contributed by atoms with van der Waals surface area (Å²) < 4.78 is 5.53. The lowest BCUT2D eigenvalue weighted by atomic mass is 9.44. The first kappa shape index (κ1) is 20.3. The van der Waals surface area contributed by atoms with Crippen LogP contribution in [-0.2, 0) is 14.3 Å². The molecule has 2 N–H and O–H groups in total. The molecule has 0 saturated heterocycles. The van der Waals surface area contributed by atoms with E-state index in [9.17, 15) is 19.8 Å². The monoisotopic (exact) mass is 392 g/mol. The summed E-state index contributed by atoms with van der Waals surface area (Å²) in [4.78, 5) is 23.8. The Morgan fingerprint density at radius 3 is 2.32 bits per heavy atom. The summed E-state index contributed by atoms with van der Waals surface area (Å²) in [5.74, 6) is 1.30. The number of hydrogen-bond acceptors (Lipinski definition) is 5. The first-order valence-electron chi connectivity index (χ1n) is 11.1. The molecule has 4 saturated carbocycles. The van der Waals surface area contributed by atoms with E-state index in [1.54, 1.807) is 0 Å². The van der Waals surface area contributed by atoms with E-state index in [4.69, 9.17) is 4.74 Å². The highest BCUT2D eigenvalue weighted by atomic mass is 16.5. The number of rotatable bonds is 2. The summed E-state index contributed by atoms with van der Waals surface area (Å²) in [7, 11) is 0. The summed E-state index contributed by atoms with van der Waals surface area (Å²) in [6.07, 6.45) is 6.58. The van der Waals surface area contributed by atoms with Gasteiger partial charge in [-0.15, -0.1) is 0 Å². The molecule has 0 radical (unpaired) electrons. The Kier molecular flexibility index (Phi) is 4.74. The number of aliphatic hydroxyl groups excluding tert-OH is 1. The minimum absolute atomic E-state index is 0.0529. The number of carbonyl (C=O) groups is 2. The third kappa shape index (κ3) is 2.57. The summed E-state index contributed by atoms with van der Waals surface area (Å²) in [5, 5.41) is 21.9. The van der Waals surface area contributed by atoms with Crippen molar-refractivity contribution >= 4 is 11.8 Å². The van der Waals surface area contributed by atoms with E-state index < -0.39 is 17.1 Å². The predicted octanol–water partition coefficient (Wildman–Crippen LogP) is 3.25. The maximum Gasteiger partial charge on any atom is 0.302 e. The number of ketones is 1. The van der Waals surface area contributed by atoms with Crippen molar-refractivity contribution in [2.24, 2.45) is 34.5 Å². The highest BCUT2D eigenvalue weighted by molar-refractivity contribution is 5.87. The molecule has 0 unspecified atom stereocenters. The lowest BCUT2D eigenvalue weighted by Crippen LogP contribution is -2.60. The minimum Gasteiger partial charge on any atom is -0.463 e. The molecular weight excluding hydrogens is 356 g/mol. The van der Waals surface area contributed by atoms with Gasteiger partial charge in [-0.1, -0.05) is 13.8 Å². The normalized spacial score (nSPS) is 52.9. The standard InChI is InChI=1S/C23H36O5/c1-13(24)23(27)20(26)12-19-17-6-5-15-11-16(28-14(2)25)7-9-21(15,3)18(17)8-10-22(19,23)4/h15-20,26-27H,5-12H2,1-4H3/t15-,16-,17-,18+,19+,20+,21+,22+,23+/m1/s1. The number of ether oxygens (including phenoxy) is 1. The summed E-state index contributed by atoms with van der Waals surface area (Å²) in [6, 6.07) is 0. The van der Waals surface area contributed by atoms with Crippen LogP contribution in [0, 0.1) is 34.5 Å². The highest BCUT2D eigenvalue weighted by Gasteiger charge is 2.69. The minimum atomic E-state index is -1.60. The first-order valence-corrected chi connectivity index (χ1v) is 11.1. The second-order valence-electron chi connectivity index (χ2n) is 10.7. The van der Waals surface area contributed by atoms with Crippen LogP contribution in [0.25, 0.3) is 0 Å². The summed E-state index contributed by atoms with van der Waals surface area (Å²) in [5.41, 5.74) is -1.91. The van der Waals surface area contributed by atoms with E-state index >= 15 is 0 Å². The van der Waals surface area contributed by atoms with Gasteiger partial charge < -0.3 is 14.9 Å². The van der Waals surface area contributed by atoms with Gasteiger partial charge in [0, 0.05) is 12.3 Å². The molecule has 0 amide bonds. The number of hydrogen-bond donors (Lipinski definition) is 2. The Balaban J connectivity index is 1.59. The van der Waals surface area contributed by atoms with Crippen molar-refractivity contribution in [1.82, 2.24) is 0 Å². The van der Waals surface area contributed by atoms with Crippen LogP contribution in [0.4, 0.5) is 0 Å². The van der Waals surface area contributed by atoms with Crippen molar-refractivity contribution in [3.05, 3.63) is 0 Å². The number of Topliss-reactive ketones (excluding diaryl/α,β-unsaturated/α-hetero) is 1. The molecule has 0 spiro atoms. The molecule has 5 nitrogen and oxygen atoms in total. The van der Waals surface area contributed by atoms with Crippen molar-refractivity contribution in [2.45, 2.75) is 96.9 Å². The van der Waals surface area contributed by atoms with E-state index in [0.717, 1.165) is 44.9 Å². The van der Waals surface area contributed by atoms with Crippen LogP contribution < -0.4 is 0 Å². The van der Waals surface area contributed by atoms with Crippen LogP contribution in [0.3, 0.4) is 0 Å². The first-order chi connectivity index (χ1) is 13.0. The van der Waals surface area contributed by atoms with E-state index in [0.29, 0.717) is 24.2 Å². The van der Waals surface area contributed by atoms with Crippen molar-refractivity contribution in [1.29, 1.82) is 0 Å². The lowest BCUT2D eigenvalue weighted by Gasteiger charge is -2.61. The smallest absolute Gasteiger partial charge is 0.302 e. The Labute approximate surface area is 168 Å². The molecule has 0 heterocycles. The van der Waals surface area contributed by atoms with Crippen LogP contribution in [0.5, 0.6) is 0 Å². The molecule has 5 heteroatoms. The maximum absolute atomic E-state index is 12.4. The van der Waals surface area contributed by atoms with E-state index in [1.807, 2.05) is 6.92 Å². The van der Waals surface area contributed by atoms with Gasteiger partial charge >= 0.3 is 5.97 Å². The fraction of sp³-hybridized carbons (Fsp3) is 0.913. The maximum atomic E-state index is 12.4. The van der Waals surface area contributed by atoms with Crippen LogP contribution in [-0.4, -0.2) is 39.8 Å². The van der Waals surface area contributed by atoms with Crippen molar-refractivity contribution in [3.63, 3.8) is 0 Å². The zero-order valence-corrected chi connectivity index (χ0v) is 17.7. The summed E-state index contributed by atoms with van der Waals surface area (Å²) >= 11 is 0. The van der Waals surface area contributed by atoms with Gasteiger partial charge in [0.05, 0.1) is 6.10 Å². The van der Waals surface area contributed by atoms with E-state index in [2.05, 4.69) is 6.92 Å². The van der Waals surface area contributed by atoms with Gasteiger partial charge in [0.15, 0.2) is 11.4 Å². The molecule has 4 fully saturated rings. The van der Waals surface area contributed by atoms with Crippen LogP contribution >= 0.6 is 0 Å². The molecule has 28 heavy (non-hydrogen) atoms. The number of aliphatic hydroxyl groups is 2. The second-order valence-corrected chi connectivity index (χ2v) is 10.7. The average Bonchev–Trinajstić information content (AvgIpc) is 2.83. The van der Waals surface area contributed by atoms with Gasteiger partial charge in [-0.25, -0.2) is 0 Å². The Morgan fingerprint density at radius 1 is 0.964 bits per heavy atom. The molecule has 4 rings (SSSR count). The molecule has 9 atom stereocenters. The molecule has 0 aromatic carbocycles. The Bertz CT molecular complexity index is 676. The van der Waals surface area contributed by atoms with Crippen molar-refractivity contribution in [3.8, 4) is 0 Å². The van der Waals surface area contributed by atoms with Gasteiger partial charge in [-0.05, 0) is 87.4 Å². The van der Waals surface area contributed by atoms with Gasteiger partial charge in [0.2, 0.25) is 0 Å². The molecule has 158 valence electrons. The lowest BCUT2D eigenvalue weighted by molar-refractivity contribution is -0.183. The molecule has 0 aliphatic heterocycles. The van der Waals surface area contributed by atoms with Gasteiger partial charge in [-0.2, -0.15) is 0 Å². The molecule has 0 aromatic rings. The third-order valence-electron chi connectivity index (χ3n) is 9.71. The van der Waals surface area contributed by atoms with Gasteiger partial charge in [0.25, 0.3) is 0 Å². The number of fused-ring (bicyclic) bond motifs is 5. The van der Waals surface area contributed by atoms with Gasteiger partial charge in [-0.3, -0.25) is 9.59 Å². The van der Waals surface area contributed by atoms with Gasteiger partial charge in [0.1, 0.15) is 6.10 Å². The fourth-order valence-electron chi connectivity index (χ4n) is 8.22. The van der Waals surface area contributed by atoms with E-state index in [1.165, 1.54) is 13.8 Å². The van der Waals surface area contributed by atoms with Crippen molar-refractivity contribution < 1.29 is 24.5 Å². The van der Waals surface area contributed by atoms with Crippen LogP contribution in [0.15, 0.2) is 0 Å². The molecule has 4 aliphatic carbocycles. The summed E-state index contributed by atoms with van der Waals surface area (Å²) in [6.45, 7) is 7.38. The SMILES string of the molecule is CC(=O)O[C@@H]1CC[C@@]2(C)[C@H](CC[C@@H]3[C@@H]2CC[C@@]2(C)[C@H]3C[C@H](O)[C@@]2(O)C(C)=O)C1. The Morgan fingerprint density at radius 2 is 1.68 bits per heavy atom. The van der Waals surface area contributed by atoms with Crippen molar-refractivity contribution in [2.75, 3.05) is 0 Å². The fourth-order valence-corrected chi connectivity index (χ4v) is 8.22. The number of carbonyl (C=O) groups excluding carboxylic acids is 2. The quantitative estimate of drug-likeness (QED) is 0.705. The highest BCUT2D eigenvalue weighted by Crippen LogP contribution is 2.68. The van der Waals surface area contributed by atoms with Crippen LogP contribution in [0.2, 0.25) is 0 Å². The van der Waals surface area contributed by atoms with E-state index in [-0.39, 0.29) is 29.2 Å². The average molecular weight is 393 g/mol. The van der Waals surface area contributed by atoms with Crippen LogP contribution in [0.1, 0.15) is 79.1 Å². The largest absolute Gasteiger partial charge is 0.463 e. The molecule has 0 aromatic heterocycles. The zero-order valence-electron chi connectivity index (χ0n) is 17.7. The molecular formula is C23H36O5. The number of esters is 1.